The number of rotatable bonds is 4. The summed E-state index contributed by atoms with van der Waals surface area (Å²) in [5, 5.41) is 0.505. The molecule has 1 amide bonds. The molecule has 0 radical (unpaired) electrons. The molecule has 1 saturated heterocycles. The highest BCUT2D eigenvalue weighted by molar-refractivity contribution is 7.89. The molecule has 7 heteroatoms. The van der Waals surface area contributed by atoms with Gasteiger partial charge in [-0.15, -0.1) is 0 Å². The fourth-order valence-electron chi connectivity index (χ4n) is 2.62. The first-order valence-electron chi connectivity index (χ1n) is 7.84. The first kappa shape index (κ1) is 18.2. The summed E-state index contributed by atoms with van der Waals surface area (Å²) in [4.78, 5) is 14.2. The lowest BCUT2D eigenvalue weighted by atomic mass is 10.1. The molecule has 2 rings (SSSR count). The molecule has 0 atom stereocenters. The summed E-state index contributed by atoms with van der Waals surface area (Å²) in [5.74, 6) is 0.408. The number of carbonyl (C=O) groups excluding carboxylic acids is 1. The molecule has 1 aromatic carbocycles. The van der Waals surface area contributed by atoms with Crippen LogP contribution in [0.15, 0.2) is 29.2 Å². The maximum atomic E-state index is 12.7. The number of hydrogen-bond donors (Lipinski definition) is 0. The second-order valence-electron chi connectivity index (χ2n) is 6.19. The van der Waals surface area contributed by atoms with Gasteiger partial charge in [0.05, 0.1) is 4.90 Å². The van der Waals surface area contributed by atoms with Crippen LogP contribution in [0.4, 0.5) is 0 Å². The topological polar surface area (TPSA) is 57.7 Å². The van der Waals surface area contributed by atoms with Crippen molar-refractivity contribution in [1.82, 2.24) is 9.21 Å². The first-order chi connectivity index (χ1) is 10.8. The minimum absolute atomic E-state index is 0.103. The van der Waals surface area contributed by atoms with E-state index in [2.05, 4.69) is 0 Å². The predicted octanol–water partition coefficient (Wildman–Crippen LogP) is 2.61. The number of sulfonamides is 1. The molecule has 0 aromatic heterocycles. The largest absolute Gasteiger partial charge is 0.341 e. The van der Waals surface area contributed by atoms with Crippen LogP contribution < -0.4 is 0 Å². The number of halogens is 1. The van der Waals surface area contributed by atoms with Gasteiger partial charge in [0.15, 0.2) is 0 Å². The number of amides is 1. The molecule has 0 aliphatic carbocycles. The zero-order chi connectivity index (χ0) is 17.0. The van der Waals surface area contributed by atoms with E-state index in [1.807, 2.05) is 13.8 Å². The summed E-state index contributed by atoms with van der Waals surface area (Å²) < 4.78 is 26.8. The minimum Gasteiger partial charge on any atom is -0.341 e. The quantitative estimate of drug-likeness (QED) is 0.831. The van der Waals surface area contributed by atoms with Crippen molar-refractivity contribution < 1.29 is 13.2 Å². The fourth-order valence-corrected chi connectivity index (χ4v) is 4.21. The Labute approximate surface area is 143 Å². The molecule has 1 aliphatic heterocycles. The van der Waals surface area contributed by atoms with Crippen LogP contribution in [0, 0.1) is 5.92 Å². The Kier molecular flexibility index (Phi) is 6.06. The molecule has 0 spiro atoms. The van der Waals surface area contributed by atoms with Gasteiger partial charge in [-0.1, -0.05) is 25.4 Å². The monoisotopic (exact) mass is 358 g/mol. The molecule has 5 nitrogen and oxygen atoms in total. The maximum Gasteiger partial charge on any atom is 0.243 e. The number of benzene rings is 1. The van der Waals surface area contributed by atoms with Crippen molar-refractivity contribution in [2.75, 3.05) is 26.2 Å². The number of nitrogens with zero attached hydrogens (tertiary/aromatic N) is 2. The van der Waals surface area contributed by atoms with E-state index in [0.717, 1.165) is 0 Å². The van der Waals surface area contributed by atoms with Crippen molar-refractivity contribution in [3.8, 4) is 0 Å². The van der Waals surface area contributed by atoms with Crippen LogP contribution in [0.2, 0.25) is 5.02 Å². The number of carbonyl (C=O) groups is 1. The average Bonchev–Trinajstić information content (AvgIpc) is 2.73. The SMILES string of the molecule is CC(C)CC(=O)N1CCCN(S(=O)(=O)c2ccc(Cl)cc2)CC1. The van der Waals surface area contributed by atoms with E-state index in [1.165, 1.54) is 16.4 Å². The molecule has 23 heavy (non-hydrogen) atoms. The Morgan fingerprint density at radius 3 is 2.39 bits per heavy atom. The molecule has 0 N–H and O–H groups in total. The van der Waals surface area contributed by atoms with Gasteiger partial charge in [0.2, 0.25) is 15.9 Å². The molecule has 0 bridgehead atoms. The van der Waals surface area contributed by atoms with Gasteiger partial charge in [-0.3, -0.25) is 4.79 Å². The summed E-state index contributed by atoms with van der Waals surface area (Å²) >= 11 is 5.82. The third-order valence-corrected chi connectivity index (χ3v) is 6.01. The Balaban J connectivity index is 2.07. The second kappa shape index (κ2) is 7.64. The lowest BCUT2D eigenvalue weighted by Crippen LogP contribution is -2.37. The van der Waals surface area contributed by atoms with Gasteiger partial charge in [-0.05, 0) is 36.6 Å². The van der Waals surface area contributed by atoms with Crippen molar-refractivity contribution in [3.63, 3.8) is 0 Å². The molecule has 0 unspecified atom stereocenters. The summed E-state index contributed by atoms with van der Waals surface area (Å²) in [6, 6.07) is 6.18. The van der Waals surface area contributed by atoms with Crippen molar-refractivity contribution in [1.29, 1.82) is 0 Å². The summed E-state index contributed by atoms with van der Waals surface area (Å²) in [6.07, 6.45) is 1.15. The smallest absolute Gasteiger partial charge is 0.243 e. The Morgan fingerprint density at radius 1 is 1.13 bits per heavy atom. The van der Waals surface area contributed by atoms with E-state index < -0.39 is 10.0 Å². The molecule has 1 aromatic rings. The molecule has 128 valence electrons. The maximum absolute atomic E-state index is 12.7. The molecular formula is C16H23ClN2O3S. The normalized spacial score (nSPS) is 17.3. The van der Waals surface area contributed by atoms with E-state index in [-0.39, 0.29) is 10.8 Å². The first-order valence-corrected chi connectivity index (χ1v) is 9.66. The Bertz CT molecular complexity index is 644. The van der Waals surface area contributed by atoms with Crippen LogP contribution in [0.1, 0.15) is 26.7 Å². The number of hydrogen-bond acceptors (Lipinski definition) is 3. The van der Waals surface area contributed by atoms with E-state index in [4.69, 9.17) is 11.6 Å². The molecule has 0 saturated carbocycles. The van der Waals surface area contributed by atoms with Gasteiger partial charge >= 0.3 is 0 Å². The lowest BCUT2D eigenvalue weighted by Gasteiger charge is -2.22. The van der Waals surface area contributed by atoms with Crippen LogP contribution in [0.25, 0.3) is 0 Å². The molecule has 1 aliphatic rings. The van der Waals surface area contributed by atoms with E-state index >= 15 is 0 Å². The van der Waals surface area contributed by atoms with Crippen LogP contribution in [-0.4, -0.2) is 49.7 Å². The zero-order valence-electron chi connectivity index (χ0n) is 13.5. The predicted molar refractivity (Wildman–Crippen MR) is 90.9 cm³/mol. The Hall–Kier alpha value is -1.11. The van der Waals surface area contributed by atoms with Gasteiger partial charge in [0.25, 0.3) is 0 Å². The zero-order valence-corrected chi connectivity index (χ0v) is 15.1. The molecular weight excluding hydrogens is 336 g/mol. The Morgan fingerprint density at radius 2 is 1.78 bits per heavy atom. The van der Waals surface area contributed by atoms with E-state index in [9.17, 15) is 13.2 Å². The fraction of sp³-hybridized carbons (Fsp3) is 0.562. The summed E-state index contributed by atoms with van der Waals surface area (Å²) in [7, 11) is -3.54. The lowest BCUT2D eigenvalue weighted by molar-refractivity contribution is -0.131. The van der Waals surface area contributed by atoms with Gasteiger partial charge in [0, 0.05) is 37.6 Å². The van der Waals surface area contributed by atoms with Gasteiger partial charge < -0.3 is 4.90 Å². The average molecular weight is 359 g/mol. The molecule has 1 fully saturated rings. The van der Waals surface area contributed by atoms with Gasteiger partial charge in [-0.2, -0.15) is 4.31 Å². The third-order valence-electron chi connectivity index (χ3n) is 3.84. The van der Waals surface area contributed by atoms with Gasteiger partial charge in [-0.25, -0.2) is 8.42 Å². The summed E-state index contributed by atoms with van der Waals surface area (Å²) in [5.41, 5.74) is 0. The standard InChI is InChI=1S/C16H23ClN2O3S/c1-13(2)12-16(20)18-8-3-9-19(11-10-18)23(21,22)15-6-4-14(17)5-7-15/h4-7,13H,3,8-12H2,1-2H3. The van der Waals surface area contributed by atoms with E-state index in [0.29, 0.717) is 50.0 Å². The summed E-state index contributed by atoms with van der Waals surface area (Å²) in [6.45, 7) is 5.82. The van der Waals surface area contributed by atoms with Crippen LogP contribution in [-0.2, 0) is 14.8 Å². The van der Waals surface area contributed by atoms with Crippen molar-refractivity contribution in [3.05, 3.63) is 29.3 Å². The van der Waals surface area contributed by atoms with Crippen LogP contribution >= 0.6 is 11.6 Å². The highest BCUT2D eigenvalue weighted by Gasteiger charge is 2.28. The van der Waals surface area contributed by atoms with Crippen LogP contribution in [0.5, 0.6) is 0 Å². The minimum atomic E-state index is -3.54. The molecule has 1 heterocycles. The van der Waals surface area contributed by atoms with Crippen molar-refractivity contribution in [2.24, 2.45) is 5.92 Å². The van der Waals surface area contributed by atoms with Crippen LogP contribution in [0.3, 0.4) is 0 Å². The second-order valence-corrected chi connectivity index (χ2v) is 8.56. The van der Waals surface area contributed by atoms with E-state index in [1.54, 1.807) is 17.0 Å². The highest BCUT2D eigenvalue weighted by Crippen LogP contribution is 2.20. The van der Waals surface area contributed by atoms with Crippen molar-refractivity contribution in [2.45, 2.75) is 31.6 Å². The van der Waals surface area contributed by atoms with Crippen molar-refractivity contribution >= 4 is 27.5 Å². The highest BCUT2D eigenvalue weighted by atomic mass is 35.5. The van der Waals surface area contributed by atoms with Gasteiger partial charge in [0.1, 0.15) is 0 Å². The third kappa shape index (κ3) is 4.68.